The van der Waals surface area contributed by atoms with Crippen molar-refractivity contribution in [1.29, 1.82) is 5.26 Å². The van der Waals surface area contributed by atoms with E-state index in [1.807, 2.05) is 49.1 Å². The molecule has 1 amide bonds. The fraction of sp³-hybridized carbons (Fsp3) is 0.364. The molecule has 158 valence electrons. The van der Waals surface area contributed by atoms with E-state index in [4.69, 9.17) is 0 Å². The number of piperazine rings is 1. The summed E-state index contributed by atoms with van der Waals surface area (Å²) in [6.45, 7) is 5.76. The highest BCUT2D eigenvalue weighted by Crippen LogP contribution is 2.21. The van der Waals surface area contributed by atoms with Gasteiger partial charge in [0.25, 0.3) is 0 Å². The molecule has 30 heavy (non-hydrogen) atoms. The number of rotatable bonds is 6. The monoisotopic (exact) mass is 426 g/mol. The summed E-state index contributed by atoms with van der Waals surface area (Å²) < 4.78 is 27.3. The van der Waals surface area contributed by atoms with Crippen LogP contribution in [0.2, 0.25) is 0 Å². The Morgan fingerprint density at radius 1 is 1.10 bits per heavy atom. The molecule has 0 aliphatic carbocycles. The molecule has 2 aromatic rings. The number of nitrogens with one attached hydrogen (secondary N) is 1. The molecule has 3 rings (SSSR count). The molecule has 1 N–H and O–H groups in total. The summed E-state index contributed by atoms with van der Waals surface area (Å²) in [5.41, 5.74) is 2.35. The number of sulfonamides is 1. The molecule has 1 aliphatic heterocycles. The first-order chi connectivity index (χ1) is 14.3. The Labute approximate surface area is 178 Å². The summed E-state index contributed by atoms with van der Waals surface area (Å²) in [6.07, 6.45) is 0. The van der Waals surface area contributed by atoms with Crippen LogP contribution in [0.3, 0.4) is 0 Å². The van der Waals surface area contributed by atoms with E-state index < -0.39 is 10.0 Å². The highest BCUT2D eigenvalue weighted by molar-refractivity contribution is 7.89. The number of hydrogen-bond donors (Lipinski definition) is 1. The van der Waals surface area contributed by atoms with Crippen LogP contribution in [0.1, 0.15) is 23.6 Å². The van der Waals surface area contributed by atoms with E-state index in [2.05, 4.69) is 5.32 Å². The Hall–Kier alpha value is -2.73. The van der Waals surface area contributed by atoms with Crippen molar-refractivity contribution in [3.63, 3.8) is 0 Å². The molecule has 1 fully saturated rings. The van der Waals surface area contributed by atoms with Crippen molar-refractivity contribution in [2.75, 3.05) is 26.2 Å². The number of nitriles is 1. The predicted octanol–water partition coefficient (Wildman–Crippen LogP) is 1.88. The minimum Gasteiger partial charge on any atom is -0.351 e. The minimum absolute atomic E-state index is 0.0323. The molecule has 8 heteroatoms. The van der Waals surface area contributed by atoms with Crippen molar-refractivity contribution < 1.29 is 13.2 Å². The molecule has 1 heterocycles. The summed E-state index contributed by atoms with van der Waals surface area (Å²) in [5.74, 6) is -0.0818. The minimum atomic E-state index is -3.74. The van der Waals surface area contributed by atoms with Gasteiger partial charge < -0.3 is 5.32 Å². The first kappa shape index (κ1) is 22.0. The number of nitrogens with zero attached hydrogens (tertiary/aromatic N) is 3. The van der Waals surface area contributed by atoms with Gasteiger partial charge in [0, 0.05) is 32.7 Å². The number of amides is 1. The SMILES string of the molecule is Cc1ccc(CNC(=O)[C@H](C)N2CCN(S(=O)(=O)c3ccccc3C#N)CC2)cc1. The summed E-state index contributed by atoms with van der Waals surface area (Å²) in [6, 6.07) is 15.8. The Bertz CT molecular complexity index is 1040. The van der Waals surface area contributed by atoms with Crippen molar-refractivity contribution in [2.45, 2.75) is 31.3 Å². The molecule has 0 radical (unpaired) electrons. The van der Waals surface area contributed by atoms with E-state index in [0.29, 0.717) is 19.6 Å². The zero-order valence-corrected chi connectivity index (χ0v) is 18.0. The molecule has 0 spiro atoms. The van der Waals surface area contributed by atoms with Crippen molar-refractivity contribution in [2.24, 2.45) is 0 Å². The zero-order valence-electron chi connectivity index (χ0n) is 17.2. The van der Waals surface area contributed by atoms with Gasteiger partial charge in [-0.15, -0.1) is 0 Å². The lowest BCUT2D eigenvalue weighted by molar-refractivity contribution is -0.126. The molecule has 7 nitrogen and oxygen atoms in total. The molecular weight excluding hydrogens is 400 g/mol. The second-order valence-electron chi connectivity index (χ2n) is 7.43. The van der Waals surface area contributed by atoms with Crippen molar-refractivity contribution in [3.05, 3.63) is 65.2 Å². The van der Waals surface area contributed by atoms with Crippen LogP contribution in [-0.2, 0) is 21.4 Å². The number of carbonyl (C=O) groups excluding carboxylic acids is 1. The van der Waals surface area contributed by atoms with Crippen LogP contribution in [0.4, 0.5) is 0 Å². The van der Waals surface area contributed by atoms with Crippen LogP contribution in [0.15, 0.2) is 53.4 Å². The quantitative estimate of drug-likeness (QED) is 0.761. The lowest BCUT2D eigenvalue weighted by Crippen LogP contribution is -2.54. The lowest BCUT2D eigenvalue weighted by Gasteiger charge is -2.36. The third-order valence-electron chi connectivity index (χ3n) is 5.41. The summed E-state index contributed by atoms with van der Waals surface area (Å²) in [5, 5.41) is 12.2. The second kappa shape index (κ2) is 9.39. The average molecular weight is 427 g/mol. The van der Waals surface area contributed by atoms with Crippen LogP contribution >= 0.6 is 0 Å². The largest absolute Gasteiger partial charge is 0.351 e. The molecule has 0 unspecified atom stereocenters. The van der Waals surface area contributed by atoms with Crippen molar-refractivity contribution >= 4 is 15.9 Å². The Kier molecular flexibility index (Phi) is 6.87. The van der Waals surface area contributed by atoms with E-state index in [-0.39, 0.29) is 35.5 Å². The van der Waals surface area contributed by atoms with Gasteiger partial charge in [-0.3, -0.25) is 9.69 Å². The summed E-state index contributed by atoms with van der Waals surface area (Å²) in [4.78, 5) is 14.6. The number of carbonyl (C=O) groups is 1. The highest BCUT2D eigenvalue weighted by atomic mass is 32.2. The van der Waals surface area contributed by atoms with Gasteiger partial charge in [0.05, 0.1) is 16.5 Å². The van der Waals surface area contributed by atoms with Crippen LogP contribution in [0.25, 0.3) is 0 Å². The predicted molar refractivity (Wildman–Crippen MR) is 114 cm³/mol. The Balaban J connectivity index is 1.57. The Morgan fingerprint density at radius 3 is 2.37 bits per heavy atom. The van der Waals surface area contributed by atoms with Gasteiger partial charge in [0.15, 0.2) is 0 Å². The van der Waals surface area contributed by atoms with Crippen molar-refractivity contribution in [1.82, 2.24) is 14.5 Å². The van der Waals surface area contributed by atoms with Crippen LogP contribution in [0, 0.1) is 18.3 Å². The molecular formula is C22H26N4O3S. The summed E-state index contributed by atoms with van der Waals surface area (Å²) in [7, 11) is -3.74. The van der Waals surface area contributed by atoms with Gasteiger partial charge >= 0.3 is 0 Å². The zero-order chi connectivity index (χ0) is 21.7. The third kappa shape index (κ3) is 4.87. The number of benzene rings is 2. The molecule has 1 atom stereocenters. The first-order valence-corrected chi connectivity index (χ1v) is 11.3. The molecule has 0 bridgehead atoms. The average Bonchev–Trinajstić information content (AvgIpc) is 2.78. The number of aryl methyl sites for hydroxylation is 1. The second-order valence-corrected chi connectivity index (χ2v) is 9.33. The van der Waals surface area contributed by atoms with E-state index in [0.717, 1.165) is 5.56 Å². The molecule has 1 aliphatic rings. The fourth-order valence-corrected chi connectivity index (χ4v) is 5.03. The van der Waals surface area contributed by atoms with Gasteiger partial charge in [-0.25, -0.2) is 8.42 Å². The lowest BCUT2D eigenvalue weighted by atomic mass is 10.1. The number of hydrogen-bond acceptors (Lipinski definition) is 5. The summed E-state index contributed by atoms with van der Waals surface area (Å²) >= 11 is 0. The topological polar surface area (TPSA) is 93.5 Å². The highest BCUT2D eigenvalue weighted by Gasteiger charge is 2.32. The molecule has 0 saturated carbocycles. The van der Waals surface area contributed by atoms with Crippen LogP contribution < -0.4 is 5.32 Å². The molecule has 2 aromatic carbocycles. The molecule has 1 saturated heterocycles. The fourth-order valence-electron chi connectivity index (χ4n) is 3.46. The van der Waals surface area contributed by atoms with Crippen molar-refractivity contribution in [3.8, 4) is 6.07 Å². The van der Waals surface area contributed by atoms with E-state index >= 15 is 0 Å². The van der Waals surface area contributed by atoms with E-state index in [1.165, 1.54) is 22.0 Å². The van der Waals surface area contributed by atoms with Gasteiger partial charge in [-0.2, -0.15) is 9.57 Å². The van der Waals surface area contributed by atoms with Gasteiger partial charge in [0.1, 0.15) is 6.07 Å². The van der Waals surface area contributed by atoms with Gasteiger partial charge in [-0.05, 0) is 31.5 Å². The third-order valence-corrected chi connectivity index (χ3v) is 7.37. The molecule has 0 aromatic heterocycles. The maximum atomic E-state index is 12.9. The Morgan fingerprint density at radius 2 is 1.73 bits per heavy atom. The standard InChI is InChI=1S/C22H26N4O3S/c1-17-7-9-19(10-8-17)16-24-22(27)18(2)25-11-13-26(14-12-25)30(28,29)21-6-4-3-5-20(21)15-23/h3-10,18H,11-14,16H2,1-2H3,(H,24,27)/t18-/m0/s1. The van der Waals surface area contributed by atoms with E-state index in [9.17, 15) is 18.5 Å². The smallest absolute Gasteiger partial charge is 0.244 e. The maximum Gasteiger partial charge on any atom is 0.244 e. The first-order valence-electron chi connectivity index (χ1n) is 9.89. The van der Waals surface area contributed by atoms with Crippen LogP contribution in [0.5, 0.6) is 0 Å². The van der Waals surface area contributed by atoms with Gasteiger partial charge in [0.2, 0.25) is 15.9 Å². The van der Waals surface area contributed by atoms with Crippen LogP contribution in [-0.4, -0.2) is 55.8 Å². The van der Waals surface area contributed by atoms with E-state index in [1.54, 1.807) is 12.1 Å². The maximum absolute atomic E-state index is 12.9. The van der Waals surface area contributed by atoms with Gasteiger partial charge in [-0.1, -0.05) is 42.0 Å². The normalized spacial score (nSPS) is 16.6.